The molecule has 0 N–H and O–H groups in total. The van der Waals surface area contributed by atoms with Gasteiger partial charge in [0.15, 0.2) is 0 Å². The van der Waals surface area contributed by atoms with Crippen molar-refractivity contribution < 1.29 is 4.74 Å². The molecule has 26 heavy (non-hydrogen) atoms. The summed E-state index contributed by atoms with van der Waals surface area (Å²) in [5.41, 5.74) is 3.19. The number of halogens is 1. The van der Waals surface area contributed by atoms with Crippen molar-refractivity contribution in [2.24, 2.45) is 0 Å². The van der Waals surface area contributed by atoms with Crippen molar-refractivity contribution in [2.75, 3.05) is 6.61 Å². The number of nitrogens with zero attached hydrogens (tertiary/aromatic N) is 2. The molecule has 3 aromatic carbocycles. The molecular weight excluding hydrogens is 344 g/mol. The molecule has 0 aliphatic rings. The fraction of sp³-hybridized carbons (Fsp3) is 0.136. The maximum absolute atomic E-state index is 6.35. The Morgan fingerprint density at radius 3 is 2.42 bits per heavy atom. The predicted molar refractivity (Wildman–Crippen MR) is 106 cm³/mol. The van der Waals surface area contributed by atoms with E-state index < -0.39 is 0 Å². The highest BCUT2D eigenvalue weighted by atomic mass is 35.5. The molecular formula is C22H19ClN2O. The van der Waals surface area contributed by atoms with Gasteiger partial charge >= 0.3 is 0 Å². The third kappa shape index (κ3) is 3.58. The standard InChI is InChI=1S/C22H19ClN2O/c23-19-11-5-4-8-17(19)16-22-24-20-12-6-7-13-21(20)25(22)14-15-26-18-9-2-1-3-10-18/h1-13H,14-16H2. The maximum atomic E-state index is 6.35. The summed E-state index contributed by atoms with van der Waals surface area (Å²) in [5.74, 6) is 1.88. The van der Waals surface area contributed by atoms with Gasteiger partial charge in [-0.05, 0) is 35.9 Å². The Morgan fingerprint density at radius 2 is 1.58 bits per heavy atom. The van der Waals surface area contributed by atoms with Crippen LogP contribution in [0.5, 0.6) is 5.75 Å². The van der Waals surface area contributed by atoms with E-state index >= 15 is 0 Å². The Kier molecular flexibility index (Phi) is 4.89. The number of imidazole rings is 1. The smallest absolute Gasteiger partial charge is 0.119 e. The highest BCUT2D eigenvalue weighted by molar-refractivity contribution is 6.31. The van der Waals surface area contributed by atoms with Gasteiger partial charge in [0, 0.05) is 11.4 Å². The lowest BCUT2D eigenvalue weighted by atomic mass is 10.1. The summed E-state index contributed by atoms with van der Waals surface area (Å²) in [7, 11) is 0. The third-order valence-corrected chi connectivity index (χ3v) is 4.74. The van der Waals surface area contributed by atoms with Crippen LogP contribution in [0.4, 0.5) is 0 Å². The van der Waals surface area contributed by atoms with Crippen LogP contribution in [0.1, 0.15) is 11.4 Å². The van der Waals surface area contributed by atoms with E-state index in [1.807, 2.05) is 72.8 Å². The number of hydrogen-bond acceptors (Lipinski definition) is 2. The lowest BCUT2D eigenvalue weighted by Gasteiger charge is -2.11. The first-order chi connectivity index (χ1) is 12.8. The van der Waals surface area contributed by atoms with Crippen LogP contribution in [0.15, 0.2) is 78.9 Å². The van der Waals surface area contributed by atoms with E-state index in [0.717, 1.165) is 39.7 Å². The molecule has 0 unspecified atom stereocenters. The van der Waals surface area contributed by atoms with Crippen molar-refractivity contribution in [3.05, 3.63) is 95.3 Å². The van der Waals surface area contributed by atoms with E-state index in [2.05, 4.69) is 10.6 Å². The normalized spacial score (nSPS) is 11.0. The molecule has 0 aliphatic carbocycles. The highest BCUT2D eigenvalue weighted by Crippen LogP contribution is 2.22. The van der Waals surface area contributed by atoms with Crippen LogP contribution in [0.2, 0.25) is 5.02 Å². The van der Waals surface area contributed by atoms with Gasteiger partial charge in [0.05, 0.1) is 17.6 Å². The van der Waals surface area contributed by atoms with Crippen molar-refractivity contribution >= 4 is 22.6 Å². The summed E-state index contributed by atoms with van der Waals surface area (Å²) in [4.78, 5) is 4.82. The van der Waals surface area contributed by atoms with Crippen LogP contribution in [0.25, 0.3) is 11.0 Å². The summed E-state index contributed by atoms with van der Waals surface area (Å²) >= 11 is 6.35. The first kappa shape index (κ1) is 16.7. The molecule has 4 heteroatoms. The molecule has 0 atom stereocenters. The SMILES string of the molecule is Clc1ccccc1Cc1nc2ccccc2n1CCOc1ccccc1. The molecule has 130 valence electrons. The molecule has 0 amide bonds. The summed E-state index contributed by atoms with van der Waals surface area (Å²) in [5, 5.41) is 0.770. The maximum Gasteiger partial charge on any atom is 0.119 e. The van der Waals surface area contributed by atoms with Gasteiger partial charge in [0.2, 0.25) is 0 Å². The molecule has 1 aromatic heterocycles. The lowest BCUT2D eigenvalue weighted by Crippen LogP contribution is -2.11. The summed E-state index contributed by atoms with van der Waals surface area (Å²) in [6, 6.07) is 26.0. The first-order valence-corrected chi connectivity index (χ1v) is 9.04. The quantitative estimate of drug-likeness (QED) is 0.461. The van der Waals surface area contributed by atoms with E-state index in [1.54, 1.807) is 0 Å². The minimum Gasteiger partial charge on any atom is -0.492 e. The molecule has 0 bridgehead atoms. The minimum absolute atomic E-state index is 0.583. The lowest BCUT2D eigenvalue weighted by molar-refractivity contribution is 0.298. The predicted octanol–water partition coefficient (Wildman–Crippen LogP) is 5.36. The van der Waals surface area contributed by atoms with Crippen molar-refractivity contribution in [1.82, 2.24) is 9.55 Å². The third-order valence-electron chi connectivity index (χ3n) is 4.37. The van der Waals surface area contributed by atoms with Crippen LogP contribution in [-0.2, 0) is 13.0 Å². The van der Waals surface area contributed by atoms with Gasteiger partial charge in [0.25, 0.3) is 0 Å². The monoisotopic (exact) mass is 362 g/mol. The largest absolute Gasteiger partial charge is 0.492 e. The van der Waals surface area contributed by atoms with Crippen LogP contribution in [0.3, 0.4) is 0 Å². The van der Waals surface area contributed by atoms with Gasteiger partial charge in [0.1, 0.15) is 18.2 Å². The fourth-order valence-electron chi connectivity index (χ4n) is 3.09. The first-order valence-electron chi connectivity index (χ1n) is 8.66. The number of fused-ring (bicyclic) bond motifs is 1. The molecule has 4 rings (SSSR count). The average molecular weight is 363 g/mol. The Labute approximate surface area is 157 Å². The van der Waals surface area contributed by atoms with Gasteiger partial charge < -0.3 is 9.30 Å². The summed E-state index contributed by atoms with van der Waals surface area (Å²) in [6.45, 7) is 1.31. The van der Waals surface area contributed by atoms with E-state index in [9.17, 15) is 0 Å². The van der Waals surface area contributed by atoms with Gasteiger partial charge in [-0.2, -0.15) is 0 Å². The van der Waals surface area contributed by atoms with Crippen LogP contribution in [0, 0.1) is 0 Å². The van der Waals surface area contributed by atoms with Crippen LogP contribution < -0.4 is 4.74 Å². The zero-order valence-corrected chi connectivity index (χ0v) is 15.1. The number of ether oxygens (including phenoxy) is 1. The molecule has 0 saturated carbocycles. The molecule has 4 aromatic rings. The average Bonchev–Trinajstić information content (AvgIpc) is 3.02. The van der Waals surface area contributed by atoms with Crippen molar-refractivity contribution in [3.8, 4) is 5.75 Å². The van der Waals surface area contributed by atoms with E-state index in [-0.39, 0.29) is 0 Å². The molecule has 0 aliphatic heterocycles. The van der Waals surface area contributed by atoms with Crippen molar-refractivity contribution in [2.45, 2.75) is 13.0 Å². The second kappa shape index (κ2) is 7.63. The Bertz CT molecular complexity index is 1010. The minimum atomic E-state index is 0.583. The molecule has 0 saturated heterocycles. The number of rotatable bonds is 6. The number of hydrogen-bond donors (Lipinski definition) is 0. The topological polar surface area (TPSA) is 27.1 Å². The van der Waals surface area contributed by atoms with Gasteiger partial charge in [-0.3, -0.25) is 0 Å². The Morgan fingerprint density at radius 1 is 0.846 bits per heavy atom. The number of para-hydroxylation sites is 3. The zero-order chi connectivity index (χ0) is 17.8. The molecule has 0 fully saturated rings. The van der Waals surface area contributed by atoms with E-state index in [1.165, 1.54) is 0 Å². The van der Waals surface area contributed by atoms with E-state index in [4.69, 9.17) is 21.3 Å². The second-order valence-electron chi connectivity index (χ2n) is 6.10. The highest BCUT2D eigenvalue weighted by Gasteiger charge is 2.12. The molecule has 1 heterocycles. The Hall–Kier alpha value is -2.78. The van der Waals surface area contributed by atoms with Gasteiger partial charge in [-0.15, -0.1) is 0 Å². The molecule has 0 spiro atoms. The van der Waals surface area contributed by atoms with Crippen LogP contribution in [-0.4, -0.2) is 16.2 Å². The van der Waals surface area contributed by atoms with Crippen molar-refractivity contribution in [3.63, 3.8) is 0 Å². The van der Waals surface area contributed by atoms with Gasteiger partial charge in [-0.25, -0.2) is 4.98 Å². The Balaban J connectivity index is 1.60. The summed E-state index contributed by atoms with van der Waals surface area (Å²) in [6.07, 6.45) is 0.694. The fourth-order valence-corrected chi connectivity index (χ4v) is 3.30. The zero-order valence-electron chi connectivity index (χ0n) is 14.3. The number of benzene rings is 3. The van der Waals surface area contributed by atoms with Gasteiger partial charge in [-0.1, -0.05) is 60.1 Å². The molecule has 3 nitrogen and oxygen atoms in total. The second-order valence-corrected chi connectivity index (χ2v) is 6.51. The number of aromatic nitrogens is 2. The molecule has 0 radical (unpaired) electrons. The van der Waals surface area contributed by atoms with Crippen molar-refractivity contribution in [1.29, 1.82) is 0 Å². The van der Waals surface area contributed by atoms with E-state index in [0.29, 0.717) is 13.0 Å². The summed E-state index contributed by atoms with van der Waals surface area (Å²) < 4.78 is 8.11. The van der Waals surface area contributed by atoms with Crippen LogP contribution >= 0.6 is 11.6 Å².